The van der Waals surface area contributed by atoms with Crippen LogP contribution in [0.5, 0.6) is 0 Å². The van der Waals surface area contributed by atoms with Gasteiger partial charge in [-0.15, -0.1) is 0 Å². The van der Waals surface area contributed by atoms with Crippen molar-refractivity contribution in [2.75, 3.05) is 6.54 Å². The molecule has 0 aromatic heterocycles. The highest BCUT2D eigenvalue weighted by atomic mass is 35.5. The van der Waals surface area contributed by atoms with Crippen LogP contribution in [0.3, 0.4) is 0 Å². The zero-order valence-electron chi connectivity index (χ0n) is 9.97. The van der Waals surface area contributed by atoms with Crippen molar-refractivity contribution in [3.05, 3.63) is 34.6 Å². The maximum absolute atomic E-state index is 13.5. The first kappa shape index (κ1) is 12.8. The summed E-state index contributed by atoms with van der Waals surface area (Å²) in [5.74, 6) is -0.243. The van der Waals surface area contributed by atoms with E-state index in [1.165, 1.54) is 18.9 Å². The van der Waals surface area contributed by atoms with Crippen LogP contribution in [0.1, 0.15) is 25.3 Å². The molecular formula is C13H18ClFN2. The molecule has 1 aromatic rings. The van der Waals surface area contributed by atoms with E-state index in [0.29, 0.717) is 29.2 Å². The lowest BCUT2D eigenvalue weighted by Gasteiger charge is -2.14. The van der Waals surface area contributed by atoms with Crippen LogP contribution in [-0.4, -0.2) is 18.6 Å². The first-order valence-corrected chi connectivity index (χ1v) is 6.43. The van der Waals surface area contributed by atoms with E-state index >= 15 is 0 Å². The fourth-order valence-electron chi connectivity index (χ4n) is 1.65. The predicted molar refractivity (Wildman–Crippen MR) is 68.7 cm³/mol. The molecule has 0 radical (unpaired) electrons. The van der Waals surface area contributed by atoms with Crippen LogP contribution in [0.2, 0.25) is 5.02 Å². The minimum atomic E-state index is -0.243. The highest BCUT2D eigenvalue weighted by Gasteiger charge is 2.20. The highest BCUT2D eigenvalue weighted by molar-refractivity contribution is 6.30. The maximum Gasteiger partial charge on any atom is 0.129 e. The number of nitrogens with one attached hydrogen (secondary N) is 2. The first-order valence-electron chi connectivity index (χ1n) is 6.06. The molecule has 4 heteroatoms. The second-order valence-electron chi connectivity index (χ2n) is 4.70. The summed E-state index contributed by atoms with van der Waals surface area (Å²) in [6.07, 6.45) is 2.58. The Morgan fingerprint density at radius 3 is 2.88 bits per heavy atom. The van der Waals surface area contributed by atoms with Gasteiger partial charge in [0.05, 0.1) is 0 Å². The van der Waals surface area contributed by atoms with Crippen LogP contribution >= 0.6 is 11.6 Å². The minimum absolute atomic E-state index is 0.243. The van der Waals surface area contributed by atoms with Crippen LogP contribution in [0.25, 0.3) is 0 Å². The molecule has 1 aliphatic rings. The van der Waals surface area contributed by atoms with Crippen molar-refractivity contribution in [2.24, 2.45) is 0 Å². The van der Waals surface area contributed by atoms with Crippen molar-refractivity contribution in [1.29, 1.82) is 0 Å². The van der Waals surface area contributed by atoms with Gasteiger partial charge < -0.3 is 10.6 Å². The first-order chi connectivity index (χ1) is 8.15. The molecule has 1 fully saturated rings. The van der Waals surface area contributed by atoms with Crippen molar-refractivity contribution in [1.82, 2.24) is 10.6 Å². The number of hydrogen-bond donors (Lipinski definition) is 2. The van der Waals surface area contributed by atoms with Crippen molar-refractivity contribution >= 4 is 11.6 Å². The molecule has 17 heavy (non-hydrogen) atoms. The number of rotatable bonds is 6. The second-order valence-corrected chi connectivity index (χ2v) is 5.14. The Morgan fingerprint density at radius 2 is 2.24 bits per heavy atom. The number of benzene rings is 1. The van der Waals surface area contributed by atoms with Gasteiger partial charge in [-0.25, -0.2) is 4.39 Å². The zero-order valence-corrected chi connectivity index (χ0v) is 10.7. The van der Waals surface area contributed by atoms with E-state index in [1.54, 1.807) is 12.1 Å². The molecule has 2 nitrogen and oxygen atoms in total. The van der Waals surface area contributed by atoms with Gasteiger partial charge in [-0.05, 0) is 31.9 Å². The van der Waals surface area contributed by atoms with E-state index in [4.69, 9.17) is 11.6 Å². The highest BCUT2D eigenvalue weighted by Crippen LogP contribution is 2.18. The van der Waals surface area contributed by atoms with Gasteiger partial charge in [-0.2, -0.15) is 0 Å². The van der Waals surface area contributed by atoms with Crippen LogP contribution < -0.4 is 10.6 Å². The van der Waals surface area contributed by atoms with Crippen LogP contribution in [-0.2, 0) is 6.54 Å². The number of halogens is 2. The van der Waals surface area contributed by atoms with E-state index in [2.05, 4.69) is 17.6 Å². The van der Waals surface area contributed by atoms with E-state index < -0.39 is 0 Å². The Hall–Kier alpha value is -0.640. The normalized spacial score (nSPS) is 17.1. The molecule has 94 valence electrons. The van der Waals surface area contributed by atoms with Crippen LogP contribution in [0.4, 0.5) is 4.39 Å². The van der Waals surface area contributed by atoms with Gasteiger partial charge in [0.15, 0.2) is 0 Å². The van der Waals surface area contributed by atoms with E-state index in [0.717, 1.165) is 6.54 Å². The molecule has 2 N–H and O–H groups in total. The molecule has 0 heterocycles. The van der Waals surface area contributed by atoms with Gasteiger partial charge in [-0.3, -0.25) is 0 Å². The summed E-state index contributed by atoms with van der Waals surface area (Å²) in [7, 11) is 0. The Morgan fingerprint density at radius 1 is 1.47 bits per heavy atom. The minimum Gasteiger partial charge on any atom is -0.312 e. The number of hydrogen-bond acceptors (Lipinski definition) is 2. The Labute approximate surface area is 107 Å². The van der Waals surface area contributed by atoms with Crippen molar-refractivity contribution in [3.8, 4) is 0 Å². The third-order valence-electron chi connectivity index (χ3n) is 2.95. The molecule has 1 saturated carbocycles. The summed E-state index contributed by atoms with van der Waals surface area (Å²) >= 11 is 5.70. The van der Waals surface area contributed by atoms with Gasteiger partial charge in [-0.1, -0.05) is 17.7 Å². The maximum atomic E-state index is 13.5. The second kappa shape index (κ2) is 5.80. The fourth-order valence-corrected chi connectivity index (χ4v) is 1.81. The smallest absolute Gasteiger partial charge is 0.129 e. The third-order valence-corrected chi connectivity index (χ3v) is 3.18. The predicted octanol–water partition coefficient (Wildman–Crippen LogP) is 2.71. The summed E-state index contributed by atoms with van der Waals surface area (Å²) in [6.45, 7) is 3.57. The molecule has 1 aliphatic carbocycles. The Balaban J connectivity index is 1.75. The van der Waals surface area contributed by atoms with Crippen molar-refractivity contribution < 1.29 is 4.39 Å². The molecule has 0 aliphatic heterocycles. The summed E-state index contributed by atoms with van der Waals surface area (Å²) in [4.78, 5) is 0. The molecule has 0 saturated heterocycles. The summed E-state index contributed by atoms with van der Waals surface area (Å²) in [6, 6.07) is 5.85. The zero-order chi connectivity index (χ0) is 12.3. The Bertz CT molecular complexity index is 380. The topological polar surface area (TPSA) is 24.1 Å². The fraction of sp³-hybridized carbons (Fsp3) is 0.538. The van der Waals surface area contributed by atoms with Gasteiger partial charge in [0.1, 0.15) is 5.82 Å². The molecule has 1 unspecified atom stereocenters. The van der Waals surface area contributed by atoms with Crippen LogP contribution in [0.15, 0.2) is 18.2 Å². The van der Waals surface area contributed by atoms with E-state index in [1.807, 2.05) is 0 Å². The largest absolute Gasteiger partial charge is 0.312 e. The third kappa shape index (κ3) is 4.26. The van der Waals surface area contributed by atoms with Gasteiger partial charge in [0.2, 0.25) is 0 Å². The molecule has 1 aromatic carbocycles. The van der Waals surface area contributed by atoms with Gasteiger partial charge in [0.25, 0.3) is 0 Å². The summed E-state index contributed by atoms with van der Waals surface area (Å²) < 4.78 is 13.5. The monoisotopic (exact) mass is 256 g/mol. The summed E-state index contributed by atoms with van der Waals surface area (Å²) in [5, 5.41) is 7.18. The molecule has 1 atom stereocenters. The van der Waals surface area contributed by atoms with E-state index in [9.17, 15) is 4.39 Å². The average Bonchev–Trinajstić information content (AvgIpc) is 3.09. The molecule has 0 amide bonds. The molecular weight excluding hydrogens is 239 g/mol. The lowest BCUT2D eigenvalue weighted by molar-refractivity contribution is 0.490. The molecule has 2 rings (SSSR count). The lowest BCUT2D eigenvalue weighted by Crippen LogP contribution is -2.36. The Kier molecular flexibility index (Phi) is 4.37. The SMILES string of the molecule is CC(CNC1CC1)NCc1ccc(Cl)cc1F. The van der Waals surface area contributed by atoms with Crippen LogP contribution in [0, 0.1) is 5.82 Å². The van der Waals surface area contributed by atoms with E-state index in [-0.39, 0.29) is 5.82 Å². The summed E-state index contributed by atoms with van der Waals surface area (Å²) in [5.41, 5.74) is 0.660. The average molecular weight is 257 g/mol. The van der Waals surface area contributed by atoms with Crippen molar-refractivity contribution in [3.63, 3.8) is 0 Å². The standard InChI is InChI=1S/C13H18ClFN2/c1-9(7-17-12-4-5-12)16-8-10-2-3-11(14)6-13(10)15/h2-3,6,9,12,16-17H,4-5,7-8H2,1H3. The van der Waals surface area contributed by atoms with Gasteiger partial charge in [0, 0.05) is 35.8 Å². The molecule has 0 spiro atoms. The van der Waals surface area contributed by atoms with Crippen molar-refractivity contribution in [2.45, 2.75) is 38.4 Å². The quantitative estimate of drug-likeness (QED) is 0.818. The van der Waals surface area contributed by atoms with Gasteiger partial charge >= 0.3 is 0 Å². The molecule has 0 bridgehead atoms. The lowest BCUT2D eigenvalue weighted by atomic mass is 10.2.